The number of nitro groups is 1. The largest absolute Gasteiger partial charge is 0.490 e. The number of hydrogen-bond donors (Lipinski definition) is 0. The second kappa shape index (κ2) is 10.6. The zero-order valence-electron chi connectivity index (χ0n) is 19.0. The predicted molar refractivity (Wildman–Crippen MR) is 131 cm³/mol. The van der Waals surface area contributed by atoms with E-state index >= 15 is 0 Å². The molecule has 0 fully saturated rings. The zero-order chi connectivity index (χ0) is 24.1. The number of thiophene rings is 1. The predicted octanol–water partition coefficient (Wildman–Crippen LogP) is 5.15. The highest BCUT2D eigenvalue weighted by molar-refractivity contribution is 7.16. The Bertz CT molecular complexity index is 1220. The average Bonchev–Trinajstić information content (AvgIpc) is 3.21. The van der Waals surface area contributed by atoms with Gasteiger partial charge < -0.3 is 9.47 Å². The fraction of sp³-hybridized carbons (Fsp3) is 0.280. The number of fused-ring (bicyclic) bond motifs is 1. The minimum absolute atomic E-state index is 0.140. The maximum Gasteiger partial charge on any atom is 0.341 e. The third kappa shape index (κ3) is 5.16. The fourth-order valence-electron chi connectivity index (χ4n) is 3.99. The number of nitrogens with zero attached hydrogens (tertiary/aromatic N) is 3. The van der Waals surface area contributed by atoms with Crippen LogP contribution in [0.1, 0.15) is 38.8 Å². The van der Waals surface area contributed by atoms with Crippen molar-refractivity contribution in [3.63, 3.8) is 0 Å². The Morgan fingerprint density at radius 1 is 1.26 bits per heavy atom. The molecule has 1 aliphatic heterocycles. The van der Waals surface area contributed by atoms with E-state index in [4.69, 9.17) is 9.47 Å². The molecule has 9 heteroatoms. The lowest BCUT2D eigenvalue weighted by molar-refractivity contribution is -0.385. The van der Waals surface area contributed by atoms with Gasteiger partial charge in [-0.2, -0.15) is 0 Å². The van der Waals surface area contributed by atoms with Crippen molar-refractivity contribution in [2.45, 2.75) is 26.4 Å². The molecule has 0 radical (unpaired) electrons. The molecule has 1 aromatic heterocycles. The summed E-state index contributed by atoms with van der Waals surface area (Å²) in [5.41, 5.74) is 3.13. The molecule has 8 nitrogen and oxygen atoms in total. The molecule has 0 saturated carbocycles. The van der Waals surface area contributed by atoms with E-state index in [1.54, 1.807) is 13.0 Å². The SMILES string of the molecule is CCOC(=O)c1c(N=Cc2ccc(OC)c([N+](=O)[O-])c2)sc2c1CCN(Cc1ccccc1)C2. The van der Waals surface area contributed by atoms with Crippen molar-refractivity contribution in [3.8, 4) is 5.75 Å². The molecule has 34 heavy (non-hydrogen) atoms. The number of esters is 1. The highest BCUT2D eigenvalue weighted by atomic mass is 32.1. The van der Waals surface area contributed by atoms with Crippen LogP contribution in [0.3, 0.4) is 0 Å². The van der Waals surface area contributed by atoms with Gasteiger partial charge in [-0.25, -0.2) is 9.79 Å². The second-order valence-corrected chi connectivity index (χ2v) is 8.88. The number of benzene rings is 2. The Balaban J connectivity index is 1.63. The molecular weight excluding hydrogens is 454 g/mol. The van der Waals surface area contributed by atoms with Gasteiger partial charge in [0.1, 0.15) is 5.00 Å². The highest BCUT2D eigenvalue weighted by Gasteiger charge is 2.28. The van der Waals surface area contributed by atoms with E-state index in [9.17, 15) is 14.9 Å². The Morgan fingerprint density at radius 2 is 2.06 bits per heavy atom. The molecule has 0 bridgehead atoms. The van der Waals surface area contributed by atoms with E-state index in [2.05, 4.69) is 22.0 Å². The van der Waals surface area contributed by atoms with Gasteiger partial charge in [0.2, 0.25) is 0 Å². The Labute approximate surface area is 201 Å². The van der Waals surface area contributed by atoms with Crippen molar-refractivity contribution in [2.24, 2.45) is 4.99 Å². The third-order valence-electron chi connectivity index (χ3n) is 5.58. The van der Waals surface area contributed by atoms with Gasteiger partial charge in [-0.1, -0.05) is 30.3 Å². The van der Waals surface area contributed by atoms with E-state index in [1.807, 2.05) is 18.2 Å². The van der Waals surface area contributed by atoms with Crippen LogP contribution in [-0.2, 0) is 24.2 Å². The van der Waals surface area contributed by atoms with Crippen LogP contribution in [0.5, 0.6) is 5.75 Å². The van der Waals surface area contributed by atoms with E-state index in [0.717, 1.165) is 36.5 Å². The molecular formula is C25H25N3O5S. The summed E-state index contributed by atoms with van der Waals surface area (Å²) >= 11 is 1.47. The number of methoxy groups -OCH3 is 1. The standard InChI is InChI=1S/C25H25N3O5S/c1-3-33-25(29)23-19-11-12-27(15-17-7-5-4-6-8-17)16-22(19)34-24(23)26-14-18-9-10-21(32-2)20(13-18)28(30)31/h4-10,13-14H,3,11-12,15-16H2,1-2H3. The van der Waals surface area contributed by atoms with Gasteiger partial charge in [-0.05, 0) is 42.2 Å². The molecule has 176 valence electrons. The maximum absolute atomic E-state index is 12.8. The number of carbonyl (C=O) groups is 1. The number of ether oxygens (including phenoxy) is 2. The third-order valence-corrected chi connectivity index (χ3v) is 6.70. The first-order valence-corrected chi connectivity index (χ1v) is 11.8. The molecule has 0 unspecified atom stereocenters. The van der Waals surface area contributed by atoms with Gasteiger partial charge in [-0.15, -0.1) is 11.3 Å². The van der Waals surface area contributed by atoms with Crippen LogP contribution in [0.15, 0.2) is 53.5 Å². The molecule has 0 N–H and O–H groups in total. The van der Waals surface area contributed by atoms with Crippen molar-refractivity contribution < 1.29 is 19.2 Å². The van der Waals surface area contributed by atoms with Crippen molar-refractivity contribution in [1.29, 1.82) is 0 Å². The first-order valence-electron chi connectivity index (χ1n) is 10.9. The lowest BCUT2D eigenvalue weighted by atomic mass is 10.0. The monoisotopic (exact) mass is 479 g/mol. The Morgan fingerprint density at radius 3 is 2.76 bits per heavy atom. The van der Waals surface area contributed by atoms with Crippen molar-refractivity contribution >= 4 is 34.2 Å². The summed E-state index contributed by atoms with van der Waals surface area (Å²) in [6.07, 6.45) is 2.27. The maximum atomic E-state index is 12.8. The molecule has 0 saturated heterocycles. The average molecular weight is 480 g/mol. The molecule has 3 aromatic rings. The Kier molecular flexibility index (Phi) is 7.34. The van der Waals surface area contributed by atoms with Crippen molar-refractivity contribution in [1.82, 2.24) is 4.90 Å². The van der Waals surface area contributed by atoms with E-state index in [1.165, 1.54) is 42.4 Å². The summed E-state index contributed by atoms with van der Waals surface area (Å²) in [7, 11) is 1.39. The summed E-state index contributed by atoms with van der Waals surface area (Å²) in [4.78, 5) is 31.6. The number of nitro benzene ring substituents is 1. The molecule has 0 aliphatic carbocycles. The van der Waals surface area contributed by atoms with E-state index < -0.39 is 4.92 Å². The van der Waals surface area contributed by atoms with Gasteiger partial charge >= 0.3 is 11.7 Å². The topological polar surface area (TPSA) is 94.3 Å². The molecule has 0 atom stereocenters. The molecule has 2 heterocycles. The quantitative estimate of drug-likeness (QED) is 0.192. The van der Waals surface area contributed by atoms with Gasteiger partial charge in [-0.3, -0.25) is 15.0 Å². The van der Waals surface area contributed by atoms with Crippen LogP contribution in [0.4, 0.5) is 10.7 Å². The van der Waals surface area contributed by atoms with Crippen molar-refractivity contribution in [2.75, 3.05) is 20.3 Å². The van der Waals surface area contributed by atoms with Gasteiger partial charge in [0.15, 0.2) is 5.75 Å². The molecule has 1 aliphatic rings. The minimum atomic E-state index is -0.495. The van der Waals surface area contributed by atoms with Gasteiger partial charge in [0.05, 0.1) is 24.2 Å². The summed E-state index contributed by atoms with van der Waals surface area (Å²) in [5, 5.41) is 11.9. The second-order valence-electron chi connectivity index (χ2n) is 7.80. The number of hydrogen-bond acceptors (Lipinski definition) is 8. The highest BCUT2D eigenvalue weighted by Crippen LogP contribution is 2.40. The van der Waals surface area contributed by atoms with Crippen LogP contribution in [-0.4, -0.2) is 42.3 Å². The van der Waals surface area contributed by atoms with Gasteiger partial charge in [0.25, 0.3) is 0 Å². The first kappa shape index (κ1) is 23.6. The number of rotatable bonds is 8. The minimum Gasteiger partial charge on any atom is -0.490 e. The summed E-state index contributed by atoms with van der Waals surface area (Å²) in [5.74, 6) is -0.205. The number of carbonyl (C=O) groups excluding carboxylic acids is 1. The molecule has 4 rings (SSSR count). The van der Waals surface area contributed by atoms with E-state index in [0.29, 0.717) is 16.1 Å². The first-order chi connectivity index (χ1) is 16.5. The molecule has 0 spiro atoms. The van der Waals surface area contributed by atoms with Crippen LogP contribution in [0, 0.1) is 10.1 Å². The summed E-state index contributed by atoms with van der Waals surface area (Å²) in [6, 6.07) is 14.9. The molecule has 0 amide bonds. The Hall–Kier alpha value is -3.56. The van der Waals surface area contributed by atoms with E-state index in [-0.39, 0.29) is 24.0 Å². The van der Waals surface area contributed by atoms with Gasteiger partial charge in [0, 0.05) is 36.8 Å². The summed E-state index contributed by atoms with van der Waals surface area (Å²) < 4.78 is 10.4. The summed E-state index contributed by atoms with van der Waals surface area (Å²) in [6.45, 7) is 4.44. The molecule has 2 aromatic carbocycles. The van der Waals surface area contributed by atoms with Crippen LogP contribution in [0.25, 0.3) is 0 Å². The van der Waals surface area contributed by atoms with Crippen LogP contribution in [0.2, 0.25) is 0 Å². The van der Waals surface area contributed by atoms with Crippen molar-refractivity contribution in [3.05, 3.63) is 85.8 Å². The normalized spacial score (nSPS) is 13.6. The lowest BCUT2D eigenvalue weighted by Gasteiger charge is -2.27. The lowest BCUT2D eigenvalue weighted by Crippen LogP contribution is -2.29. The number of aliphatic imine (C=N–C) groups is 1. The van der Waals surface area contributed by atoms with Crippen LogP contribution >= 0.6 is 11.3 Å². The van der Waals surface area contributed by atoms with Crippen LogP contribution < -0.4 is 4.74 Å². The fourth-order valence-corrected chi connectivity index (χ4v) is 5.21. The smallest absolute Gasteiger partial charge is 0.341 e. The zero-order valence-corrected chi connectivity index (χ0v) is 19.8.